The number of nitrogens with zero attached hydrogens (tertiary/aromatic N) is 3. The van der Waals surface area contributed by atoms with Crippen LogP contribution in [-0.2, 0) is 6.42 Å². The molecule has 2 rings (SSSR count). The molecule has 1 atom stereocenters. The third-order valence-electron chi connectivity index (χ3n) is 2.95. The third-order valence-corrected chi connectivity index (χ3v) is 3.56. The van der Waals surface area contributed by atoms with Crippen LogP contribution in [0.15, 0.2) is 35.1 Å². The Kier molecular flexibility index (Phi) is 4.68. The molecule has 0 aromatic carbocycles. The average Bonchev–Trinajstić information content (AvgIpc) is 2.79. The number of pyridine rings is 1. The Hall–Kier alpha value is -1.24. The smallest absolute Gasteiger partial charge is 0.0716 e. The van der Waals surface area contributed by atoms with E-state index in [1.54, 1.807) is 12.4 Å². The van der Waals surface area contributed by atoms with Crippen molar-refractivity contribution in [2.45, 2.75) is 32.4 Å². The Morgan fingerprint density at radius 1 is 1.42 bits per heavy atom. The second kappa shape index (κ2) is 6.27. The average molecular weight is 324 g/mol. The lowest BCUT2D eigenvalue weighted by molar-refractivity contribution is 0.444. The zero-order chi connectivity index (χ0) is 13.8. The molecule has 0 radical (unpaired) electrons. The monoisotopic (exact) mass is 323 g/mol. The Balaban J connectivity index is 2.29. The lowest BCUT2D eigenvalue weighted by Gasteiger charge is -2.20. The maximum Gasteiger partial charge on any atom is 0.0716 e. The number of hydrazine groups is 1. The van der Waals surface area contributed by atoms with Gasteiger partial charge in [0.15, 0.2) is 0 Å². The zero-order valence-corrected chi connectivity index (χ0v) is 12.6. The highest BCUT2D eigenvalue weighted by atomic mass is 79.9. The maximum absolute atomic E-state index is 5.71. The van der Waals surface area contributed by atoms with Crippen LogP contribution < -0.4 is 11.3 Å². The minimum atomic E-state index is -0.0332. The van der Waals surface area contributed by atoms with Crippen LogP contribution >= 0.6 is 15.9 Å². The third kappa shape index (κ3) is 3.20. The van der Waals surface area contributed by atoms with Crippen molar-refractivity contribution in [1.82, 2.24) is 20.2 Å². The van der Waals surface area contributed by atoms with E-state index in [0.717, 1.165) is 15.9 Å². The number of halogens is 1. The van der Waals surface area contributed by atoms with Crippen LogP contribution in [0.4, 0.5) is 0 Å². The van der Waals surface area contributed by atoms with Crippen molar-refractivity contribution in [3.8, 4) is 0 Å². The van der Waals surface area contributed by atoms with Gasteiger partial charge in [-0.05, 0) is 41.9 Å². The van der Waals surface area contributed by atoms with Crippen LogP contribution in [0.2, 0.25) is 0 Å². The highest BCUT2D eigenvalue weighted by Gasteiger charge is 2.21. The summed E-state index contributed by atoms with van der Waals surface area (Å²) < 4.78 is 2.93. The van der Waals surface area contributed by atoms with Crippen LogP contribution in [0.5, 0.6) is 0 Å². The summed E-state index contributed by atoms with van der Waals surface area (Å²) in [5.41, 5.74) is 4.90. The van der Waals surface area contributed by atoms with Gasteiger partial charge in [-0.3, -0.25) is 20.9 Å². The Morgan fingerprint density at radius 2 is 2.21 bits per heavy atom. The molecule has 2 aromatic heterocycles. The fraction of sp³-hybridized carbons (Fsp3) is 0.385. The zero-order valence-electron chi connectivity index (χ0n) is 11.0. The molecular formula is C13H18BrN5. The quantitative estimate of drug-likeness (QED) is 0.654. The van der Waals surface area contributed by atoms with E-state index < -0.39 is 0 Å². The number of aromatic nitrogens is 3. The maximum atomic E-state index is 5.71. The molecule has 0 saturated carbocycles. The van der Waals surface area contributed by atoms with E-state index >= 15 is 0 Å². The molecule has 2 heterocycles. The predicted molar refractivity (Wildman–Crippen MR) is 78.3 cm³/mol. The highest BCUT2D eigenvalue weighted by molar-refractivity contribution is 9.10. The molecule has 6 heteroatoms. The van der Waals surface area contributed by atoms with Gasteiger partial charge < -0.3 is 0 Å². The van der Waals surface area contributed by atoms with E-state index in [-0.39, 0.29) is 12.1 Å². The largest absolute Gasteiger partial charge is 0.271 e. The lowest BCUT2D eigenvalue weighted by Crippen LogP contribution is -2.32. The summed E-state index contributed by atoms with van der Waals surface area (Å²) in [5, 5.41) is 4.38. The van der Waals surface area contributed by atoms with Gasteiger partial charge in [-0.1, -0.05) is 6.07 Å². The van der Waals surface area contributed by atoms with Crippen molar-refractivity contribution in [2.75, 3.05) is 0 Å². The molecule has 0 aliphatic heterocycles. The van der Waals surface area contributed by atoms with Crippen molar-refractivity contribution in [2.24, 2.45) is 5.84 Å². The second-order valence-corrected chi connectivity index (χ2v) is 5.51. The fourth-order valence-corrected chi connectivity index (χ4v) is 2.60. The molecule has 0 spiro atoms. The first-order chi connectivity index (χ1) is 9.13. The van der Waals surface area contributed by atoms with Gasteiger partial charge in [-0.15, -0.1) is 0 Å². The molecule has 1 unspecified atom stereocenters. The van der Waals surface area contributed by atoms with E-state index in [1.807, 2.05) is 22.9 Å². The molecule has 0 fully saturated rings. The summed E-state index contributed by atoms with van der Waals surface area (Å²) in [5.74, 6) is 5.71. The predicted octanol–water partition coefficient (Wildman–Crippen LogP) is 2.37. The Morgan fingerprint density at radius 3 is 2.79 bits per heavy atom. The van der Waals surface area contributed by atoms with Crippen molar-refractivity contribution in [1.29, 1.82) is 0 Å². The molecule has 102 valence electrons. The molecule has 19 heavy (non-hydrogen) atoms. The van der Waals surface area contributed by atoms with E-state index in [9.17, 15) is 0 Å². The molecule has 0 amide bonds. The Labute approximate surface area is 121 Å². The molecule has 5 nitrogen and oxygen atoms in total. The minimum absolute atomic E-state index is 0.0332. The molecule has 0 aliphatic carbocycles. The number of hydrogen-bond donors (Lipinski definition) is 2. The van der Waals surface area contributed by atoms with Crippen molar-refractivity contribution >= 4 is 15.9 Å². The first-order valence-corrected chi connectivity index (χ1v) is 7.01. The van der Waals surface area contributed by atoms with E-state index in [4.69, 9.17) is 5.84 Å². The summed E-state index contributed by atoms with van der Waals surface area (Å²) in [6.07, 6.45) is 4.31. The number of rotatable bonds is 5. The lowest BCUT2D eigenvalue weighted by atomic mass is 10.1. The van der Waals surface area contributed by atoms with Crippen LogP contribution in [0, 0.1) is 0 Å². The molecule has 0 aliphatic rings. The van der Waals surface area contributed by atoms with Gasteiger partial charge >= 0.3 is 0 Å². The van der Waals surface area contributed by atoms with E-state index in [1.165, 1.54) is 0 Å². The van der Waals surface area contributed by atoms with Gasteiger partial charge in [0.2, 0.25) is 0 Å². The van der Waals surface area contributed by atoms with Gasteiger partial charge in [0.05, 0.1) is 22.4 Å². The van der Waals surface area contributed by atoms with Crippen molar-refractivity contribution < 1.29 is 0 Å². The van der Waals surface area contributed by atoms with E-state index in [0.29, 0.717) is 6.42 Å². The van der Waals surface area contributed by atoms with Gasteiger partial charge in [0.1, 0.15) is 0 Å². The summed E-state index contributed by atoms with van der Waals surface area (Å²) in [6.45, 7) is 4.19. The molecule has 2 aromatic rings. The summed E-state index contributed by atoms with van der Waals surface area (Å²) in [4.78, 5) is 4.34. The van der Waals surface area contributed by atoms with Gasteiger partial charge in [-0.2, -0.15) is 5.10 Å². The summed E-state index contributed by atoms with van der Waals surface area (Å²) in [7, 11) is 0. The van der Waals surface area contributed by atoms with Crippen LogP contribution in [0.3, 0.4) is 0 Å². The summed E-state index contributed by atoms with van der Waals surface area (Å²) in [6, 6.07) is 6.12. The SMILES string of the molecule is CC(C)n1ncc(Br)c1C(Cc1ccccn1)NN. The normalized spacial score (nSPS) is 12.9. The van der Waals surface area contributed by atoms with Gasteiger partial charge in [-0.25, -0.2) is 0 Å². The number of hydrogen-bond acceptors (Lipinski definition) is 4. The molecular weight excluding hydrogens is 306 g/mol. The minimum Gasteiger partial charge on any atom is -0.271 e. The van der Waals surface area contributed by atoms with Gasteiger partial charge in [0.25, 0.3) is 0 Å². The van der Waals surface area contributed by atoms with Crippen LogP contribution in [0.1, 0.15) is 37.3 Å². The second-order valence-electron chi connectivity index (χ2n) is 4.66. The topological polar surface area (TPSA) is 68.8 Å². The van der Waals surface area contributed by atoms with Crippen molar-refractivity contribution in [3.63, 3.8) is 0 Å². The van der Waals surface area contributed by atoms with Crippen LogP contribution in [0.25, 0.3) is 0 Å². The standard InChI is InChI=1S/C13H18BrN5/c1-9(2)19-13(11(14)8-17-19)12(18-15)7-10-5-3-4-6-16-10/h3-6,8-9,12,18H,7,15H2,1-2H3. The highest BCUT2D eigenvalue weighted by Crippen LogP contribution is 2.27. The molecule has 3 N–H and O–H groups in total. The first-order valence-electron chi connectivity index (χ1n) is 6.22. The molecule has 0 bridgehead atoms. The molecule has 0 saturated heterocycles. The fourth-order valence-electron chi connectivity index (χ4n) is 2.05. The van der Waals surface area contributed by atoms with Crippen LogP contribution in [-0.4, -0.2) is 14.8 Å². The number of nitrogens with one attached hydrogen (secondary N) is 1. The summed E-state index contributed by atoms with van der Waals surface area (Å²) >= 11 is 3.54. The first kappa shape index (κ1) is 14.2. The Bertz CT molecular complexity index is 523. The number of nitrogens with two attached hydrogens (primary N) is 1. The van der Waals surface area contributed by atoms with Crippen molar-refractivity contribution in [3.05, 3.63) is 46.5 Å². The van der Waals surface area contributed by atoms with Gasteiger partial charge in [0, 0.05) is 24.4 Å². The van der Waals surface area contributed by atoms with E-state index in [2.05, 4.69) is 45.3 Å².